The van der Waals surface area contributed by atoms with Gasteiger partial charge in [-0.3, -0.25) is 9.48 Å². The third-order valence-electron chi connectivity index (χ3n) is 5.82. The van der Waals surface area contributed by atoms with E-state index in [0.29, 0.717) is 30.1 Å². The molecule has 0 saturated carbocycles. The minimum atomic E-state index is -0.164. The van der Waals surface area contributed by atoms with Crippen molar-refractivity contribution in [1.82, 2.24) is 20.0 Å². The summed E-state index contributed by atoms with van der Waals surface area (Å²) in [6.45, 7) is 1.05. The molecule has 0 aliphatic rings. The molecule has 6 nitrogen and oxygen atoms in total. The SMILES string of the molecule is COc1ccccc1-c1nn(Cc2ccccc2)cc1C(=O)NCC(c1ccccc1)N(C)C. The Balaban J connectivity index is 1.64. The summed E-state index contributed by atoms with van der Waals surface area (Å²) in [5, 5.41) is 7.92. The third kappa shape index (κ3) is 5.35. The van der Waals surface area contributed by atoms with Gasteiger partial charge in [-0.2, -0.15) is 5.10 Å². The number of nitrogens with zero attached hydrogens (tertiary/aromatic N) is 3. The van der Waals surface area contributed by atoms with Crippen molar-refractivity contribution in [2.45, 2.75) is 12.6 Å². The molecule has 0 spiro atoms. The summed E-state index contributed by atoms with van der Waals surface area (Å²) >= 11 is 0. The Bertz CT molecular complexity index is 1220. The van der Waals surface area contributed by atoms with Crippen LogP contribution in [0, 0.1) is 0 Å². The van der Waals surface area contributed by atoms with E-state index < -0.39 is 0 Å². The highest BCUT2D eigenvalue weighted by molar-refractivity contribution is 6.00. The van der Waals surface area contributed by atoms with Gasteiger partial charge in [0.15, 0.2) is 0 Å². The number of nitrogens with one attached hydrogen (secondary N) is 1. The zero-order valence-electron chi connectivity index (χ0n) is 19.8. The van der Waals surface area contributed by atoms with Crippen molar-refractivity contribution in [3.05, 3.63) is 108 Å². The Morgan fingerprint density at radius 3 is 2.29 bits per heavy atom. The largest absolute Gasteiger partial charge is 0.496 e. The Kier molecular flexibility index (Phi) is 7.40. The fourth-order valence-electron chi connectivity index (χ4n) is 4.04. The van der Waals surface area contributed by atoms with Crippen LogP contribution in [0.4, 0.5) is 0 Å². The molecule has 1 heterocycles. The molecule has 3 aromatic carbocycles. The normalized spacial score (nSPS) is 11.9. The van der Waals surface area contributed by atoms with Crippen molar-refractivity contribution in [1.29, 1.82) is 0 Å². The first kappa shape index (κ1) is 23.3. The smallest absolute Gasteiger partial charge is 0.255 e. The highest BCUT2D eigenvalue weighted by Crippen LogP contribution is 2.31. The maximum Gasteiger partial charge on any atom is 0.255 e. The summed E-state index contributed by atoms with van der Waals surface area (Å²) in [5.41, 5.74) is 4.17. The van der Waals surface area contributed by atoms with Gasteiger partial charge in [-0.15, -0.1) is 0 Å². The molecule has 0 bridgehead atoms. The monoisotopic (exact) mass is 454 g/mol. The quantitative estimate of drug-likeness (QED) is 0.400. The molecule has 0 aliphatic carbocycles. The summed E-state index contributed by atoms with van der Waals surface area (Å²) in [4.78, 5) is 15.5. The lowest BCUT2D eigenvalue weighted by Crippen LogP contribution is -2.34. The van der Waals surface area contributed by atoms with E-state index in [0.717, 1.165) is 16.7 Å². The molecule has 0 aliphatic heterocycles. The zero-order chi connectivity index (χ0) is 23.9. The van der Waals surface area contributed by atoms with Crippen LogP contribution in [0.25, 0.3) is 11.3 Å². The van der Waals surface area contributed by atoms with Gasteiger partial charge >= 0.3 is 0 Å². The van der Waals surface area contributed by atoms with E-state index in [1.807, 2.05) is 97.8 Å². The molecule has 1 atom stereocenters. The van der Waals surface area contributed by atoms with Gasteiger partial charge in [-0.05, 0) is 37.4 Å². The van der Waals surface area contributed by atoms with Gasteiger partial charge in [0.05, 0.1) is 25.3 Å². The van der Waals surface area contributed by atoms with Gasteiger partial charge in [0.1, 0.15) is 11.4 Å². The number of carbonyl (C=O) groups excluding carboxylic acids is 1. The van der Waals surface area contributed by atoms with Gasteiger partial charge in [-0.1, -0.05) is 72.8 Å². The maximum atomic E-state index is 13.4. The van der Waals surface area contributed by atoms with Crippen molar-refractivity contribution in [2.24, 2.45) is 0 Å². The van der Waals surface area contributed by atoms with E-state index in [1.54, 1.807) is 7.11 Å². The molecule has 4 aromatic rings. The lowest BCUT2D eigenvalue weighted by molar-refractivity contribution is 0.0942. The molecule has 0 fully saturated rings. The summed E-state index contributed by atoms with van der Waals surface area (Å²) in [5.74, 6) is 0.514. The van der Waals surface area contributed by atoms with E-state index >= 15 is 0 Å². The Labute approximate surface area is 200 Å². The van der Waals surface area contributed by atoms with Crippen LogP contribution < -0.4 is 10.1 Å². The van der Waals surface area contributed by atoms with Gasteiger partial charge < -0.3 is 15.0 Å². The van der Waals surface area contributed by atoms with E-state index in [-0.39, 0.29) is 11.9 Å². The summed E-state index contributed by atoms with van der Waals surface area (Å²) in [7, 11) is 5.66. The van der Waals surface area contributed by atoms with E-state index in [1.165, 1.54) is 0 Å². The van der Waals surface area contributed by atoms with E-state index in [9.17, 15) is 4.79 Å². The number of carbonyl (C=O) groups is 1. The average molecular weight is 455 g/mol. The first-order chi connectivity index (χ1) is 16.6. The van der Waals surface area contributed by atoms with Crippen molar-refractivity contribution < 1.29 is 9.53 Å². The number of likely N-dealkylation sites (N-methyl/N-ethyl adjacent to an activating group) is 1. The molecule has 4 rings (SSSR count). The molecule has 1 amide bonds. The highest BCUT2D eigenvalue weighted by Gasteiger charge is 2.22. The van der Waals surface area contributed by atoms with Crippen LogP contribution in [-0.2, 0) is 6.54 Å². The van der Waals surface area contributed by atoms with E-state index in [2.05, 4.69) is 22.3 Å². The standard InChI is InChI=1S/C28H30N4O2/c1-31(2)25(22-14-8-5-9-15-22)18-29-28(33)24-20-32(19-21-12-6-4-7-13-21)30-27(24)23-16-10-11-17-26(23)34-3/h4-17,20,25H,18-19H2,1-3H3,(H,29,33). The second-order valence-corrected chi connectivity index (χ2v) is 8.37. The van der Waals surface area contributed by atoms with Crippen LogP contribution in [0.2, 0.25) is 0 Å². The van der Waals surface area contributed by atoms with Crippen LogP contribution in [0.3, 0.4) is 0 Å². The van der Waals surface area contributed by atoms with Gasteiger partial charge in [0.2, 0.25) is 0 Å². The highest BCUT2D eigenvalue weighted by atomic mass is 16.5. The number of rotatable bonds is 9. The summed E-state index contributed by atoms with van der Waals surface area (Å²) < 4.78 is 7.37. The molecule has 0 radical (unpaired) electrons. The molecular formula is C28H30N4O2. The molecule has 1 unspecified atom stereocenters. The second-order valence-electron chi connectivity index (χ2n) is 8.37. The predicted molar refractivity (Wildman–Crippen MR) is 135 cm³/mol. The number of hydrogen-bond acceptors (Lipinski definition) is 4. The number of para-hydroxylation sites is 1. The van der Waals surface area contributed by atoms with Crippen molar-refractivity contribution >= 4 is 5.91 Å². The molecule has 1 N–H and O–H groups in total. The van der Waals surface area contributed by atoms with Gasteiger partial charge in [0, 0.05) is 18.3 Å². The van der Waals surface area contributed by atoms with Crippen molar-refractivity contribution in [2.75, 3.05) is 27.7 Å². The first-order valence-electron chi connectivity index (χ1n) is 11.3. The van der Waals surface area contributed by atoms with E-state index in [4.69, 9.17) is 9.84 Å². The average Bonchev–Trinajstić information content (AvgIpc) is 3.28. The second kappa shape index (κ2) is 10.8. The summed E-state index contributed by atoms with van der Waals surface area (Å²) in [6, 6.07) is 28.0. The van der Waals surface area contributed by atoms with Crippen molar-refractivity contribution in [3.8, 4) is 17.0 Å². The molecule has 174 valence electrons. The number of ether oxygens (including phenoxy) is 1. The third-order valence-corrected chi connectivity index (χ3v) is 5.82. The summed E-state index contributed by atoms with van der Waals surface area (Å²) in [6.07, 6.45) is 1.82. The Morgan fingerprint density at radius 2 is 1.62 bits per heavy atom. The Hall–Kier alpha value is -3.90. The van der Waals surface area contributed by atoms with Gasteiger partial charge in [0.25, 0.3) is 5.91 Å². The molecule has 1 aromatic heterocycles. The van der Waals surface area contributed by atoms with Crippen molar-refractivity contribution in [3.63, 3.8) is 0 Å². The topological polar surface area (TPSA) is 59.4 Å². The first-order valence-corrected chi connectivity index (χ1v) is 11.3. The number of methoxy groups -OCH3 is 1. The van der Waals surface area contributed by atoms with Crippen LogP contribution in [-0.4, -0.2) is 48.3 Å². The minimum absolute atomic E-state index is 0.0548. The number of hydrogen-bond donors (Lipinski definition) is 1. The number of aromatic nitrogens is 2. The predicted octanol–water partition coefficient (Wildman–Crippen LogP) is 4.64. The molecular weight excluding hydrogens is 424 g/mol. The molecule has 34 heavy (non-hydrogen) atoms. The van der Waals surface area contributed by atoms with Crippen LogP contribution in [0.5, 0.6) is 5.75 Å². The van der Waals surface area contributed by atoms with Crippen LogP contribution in [0.15, 0.2) is 91.1 Å². The maximum absolute atomic E-state index is 13.4. The van der Waals surface area contributed by atoms with Gasteiger partial charge in [-0.25, -0.2) is 0 Å². The fraction of sp³-hybridized carbons (Fsp3) is 0.214. The van der Waals surface area contributed by atoms with Crippen LogP contribution in [0.1, 0.15) is 27.5 Å². The molecule has 6 heteroatoms. The fourth-order valence-corrected chi connectivity index (χ4v) is 4.04. The lowest BCUT2D eigenvalue weighted by Gasteiger charge is -2.25. The molecule has 0 saturated heterocycles. The zero-order valence-corrected chi connectivity index (χ0v) is 19.8. The van der Waals surface area contributed by atoms with Crippen LogP contribution >= 0.6 is 0 Å². The Morgan fingerprint density at radius 1 is 0.971 bits per heavy atom. The minimum Gasteiger partial charge on any atom is -0.496 e. The lowest BCUT2D eigenvalue weighted by atomic mass is 10.0. The number of benzene rings is 3. The number of amides is 1.